The van der Waals surface area contributed by atoms with Crippen LogP contribution in [0.4, 0.5) is 0 Å². The molecule has 3 rings (SSSR count). The van der Waals surface area contributed by atoms with E-state index in [-0.39, 0.29) is 12.3 Å². The van der Waals surface area contributed by atoms with E-state index in [0.717, 1.165) is 5.75 Å². The highest BCUT2D eigenvalue weighted by Gasteiger charge is 2.39. The normalized spacial score (nSPS) is 22.8. The van der Waals surface area contributed by atoms with Gasteiger partial charge in [-0.1, -0.05) is 24.3 Å². The minimum Gasteiger partial charge on any atom is -0.473 e. The standard InChI is InChI=1S/C13H12N2O/c1-2-6-11(7-3-1)16-13-12(15-13)10-5-4-8-14-9-10/h1-9,12-13,15H. The molecule has 1 N–H and O–H groups in total. The van der Waals surface area contributed by atoms with Crippen LogP contribution in [0.2, 0.25) is 0 Å². The summed E-state index contributed by atoms with van der Waals surface area (Å²) in [4.78, 5) is 4.09. The van der Waals surface area contributed by atoms with Crippen molar-refractivity contribution < 1.29 is 4.74 Å². The summed E-state index contributed by atoms with van der Waals surface area (Å²) >= 11 is 0. The molecule has 0 amide bonds. The highest BCUT2D eigenvalue weighted by Crippen LogP contribution is 2.30. The van der Waals surface area contributed by atoms with Gasteiger partial charge in [-0.05, 0) is 23.8 Å². The third kappa shape index (κ3) is 1.90. The van der Waals surface area contributed by atoms with Crippen molar-refractivity contribution in [2.75, 3.05) is 0 Å². The number of rotatable bonds is 3. The average Bonchev–Trinajstić information content (AvgIpc) is 3.11. The molecule has 0 spiro atoms. The summed E-state index contributed by atoms with van der Waals surface area (Å²) in [6, 6.07) is 14.1. The Balaban J connectivity index is 1.65. The van der Waals surface area contributed by atoms with E-state index in [9.17, 15) is 0 Å². The Morgan fingerprint density at radius 1 is 1.06 bits per heavy atom. The van der Waals surface area contributed by atoms with Crippen LogP contribution in [0, 0.1) is 0 Å². The second kappa shape index (κ2) is 3.94. The van der Waals surface area contributed by atoms with Crippen molar-refractivity contribution in [1.82, 2.24) is 10.3 Å². The van der Waals surface area contributed by atoms with Gasteiger partial charge in [-0.3, -0.25) is 10.3 Å². The Morgan fingerprint density at radius 3 is 2.69 bits per heavy atom. The molecule has 2 atom stereocenters. The minimum absolute atomic E-state index is 0.0756. The van der Waals surface area contributed by atoms with E-state index in [1.165, 1.54) is 5.56 Å². The second-order valence-electron chi connectivity index (χ2n) is 3.78. The van der Waals surface area contributed by atoms with E-state index in [1.54, 1.807) is 6.20 Å². The molecule has 0 bridgehead atoms. The Kier molecular flexibility index (Phi) is 2.31. The topological polar surface area (TPSA) is 44.1 Å². The van der Waals surface area contributed by atoms with E-state index in [1.807, 2.05) is 42.6 Å². The molecule has 16 heavy (non-hydrogen) atoms. The molecule has 1 aromatic carbocycles. The zero-order valence-electron chi connectivity index (χ0n) is 8.71. The van der Waals surface area contributed by atoms with Gasteiger partial charge in [0.05, 0.1) is 6.04 Å². The molecule has 0 aliphatic carbocycles. The highest BCUT2D eigenvalue weighted by molar-refractivity contribution is 5.26. The monoisotopic (exact) mass is 212 g/mol. The number of benzene rings is 1. The molecule has 2 heterocycles. The summed E-state index contributed by atoms with van der Waals surface area (Å²) < 4.78 is 5.75. The number of ether oxygens (including phenoxy) is 1. The average molecular weight is 212 g/mol. The number of nitrogens with zero attached hydrogens (tertiary/aromatic N) is 1. The van der Waals surface area contributed by atoms with Crippen molar-refractivity contribution in [3.8, 4) is 5.75 Å². The molecule has 3 nitrogen and oxygen atoms in total. The summed E-state index contributed by atoms with van der Waals surface area (Å²) in [7, 11) is 0. The van der Waals surface area contributed by atoms with Gasteiger partial charge in [-0.25, -0.2) is 0 Å². The molecule has 3 heteroatoms. The van der Waals surface area contributed by atoms with Crippen LogP contribution in [0.3, 0.4) is 0 Å². The van der Waals surface area contributed by atoms with Gasteiger partial charge in [0.1, 0.15) is 5.75 Å². The molecule has 0 radical (unpaired) electrons. The number of hydrogen-bond donors (Lipinski definition) is 1. The Hall–Kier alpha value is -1.87. The molecule has 1 aliphatic heterocycles. The molecule has 1 fully saturated rings. The lowest BCUT2D eigenvalue weighted by molar-refractivity contribution is 0.289. The first kappa shape index (κ1) is 9.36. The van der Waals surface area contributed by atoms with Crippen LogP contribution in [0.15, 0.2) is 54.9 Å². The molecular weight excluding hydrogens is 200 g/mol. The van der Waals surface area contributed by atoms with Crippen LogP contribution in [-0.4, -0.2) is 11.2 Å². The van der Waals surface area contributed by atoms with Crippen LogP contribution in [-0.2, 0) is 0 Å². The van der Waals surface area contributed by atoms with Crippen molar-refractivity contribution in [3.63, 3.8) is 0 Å². The molecule has 80 valence electrons. The van der Waals surface area contributed by atoms with Gasteiger partial charge < -0.3 is 4.74 Å². The fourth-order valence-electron chi connectivity index (χ4n) is 1.70. The zero-order valence-corrected chi connectivity index (χ0v) is 8.71. The van der Waals surface area contributed by atoms with E-state index in [2.05, 4.69) is 16.4 Å². The van der Waals surface area contributed by atoms with Crippen LogP contribution in [0.5, 0.6) is 5.75 Å². The maximum atomic E-state index is 5.75. The predicted octanol–water partition coefficient (Wildman–Crippen LogP) is 2.13. The Bertz CT molecular complexity index is 458. The molecule has 0 saturated carbocycles. The van der Waals surface area contributed by atoms with Gasteiger partial charge in [0.2, 0.25) is 0 Å². The quantitative estimate of drug-likeness (QED) is 0.793. The van der Waals surface area contributed by atoms with Gasteiger partial charge in [-0.2, -0.15) is 0 Å². The molecule has 1 aliphatic rings. The predicted molar refractivity (Wildman–Crippen MR) is 61.0 cm³/mol. The summed E-state index contributed by atoms with van der Waals surface area (Å²) in [5.41, 5.74) is 1.17. The van der Waals surface area contributed by atoms with Crippen molar-refractivity contribution >= 4 is 0 Å². The van der Waals surface area contributed by atoms with E-state index < -0.39 is 0 Å². The molecule has 1 saturated heterocycles. The molecule has 1 aromatic heterocycles. The van der Waals surface area contributed by atoms with Crippen molar-refractivity contribution in [2.24, 2.45) is 0 Å². The van der Waals surface area contributed by atoms with Gasteiger partial charge >= 0.3 is 0 Å². The third-order valence-electron chi connectivity index (χ3n) is 2.59. The van der Waals surface area contributed by atoms with Crippen molar-refractivity contribution in [1.29, 1.82) is 0 Å². The zero-order chi connectivity index (χ0) is 10.8. The molecular formula is C13H12N2O. The number of para-hydroxylation sites is 1. The lowest BCUT2D eigenvalue weighted by Gasteiger charge is -2.02. The van der Waals surface area contributed by atoms with Crippen LogP contribution in [0.25, 0.3) is 0 Å². The minimum atomic E-state index is 0.0756. The fraction of sp³-hybridized carbons (Fsp3) is 0.154. The van der Waals surface area contributed by atoms with Crippen LogP contribution < -0.4 is 10.1 Å². The summed E-state index contributed by atoms with van der Waals surface area (Å²) in [6.07, 6.45) is 3.72. The maximum Gasteiger partial charge on any atom is 0.170 e. The smallest absolute Gasteiger partial charge is 0.170 e. The lowest BCUT2D eigenvalue weighted by Crippen LogP contribution is -2.02. The van der Waals surface area contributed by atoms with Crippen molar-refractivity contribution in [3.05, 3.63) is 60.4 Å². The number of aromatic nitrogens is 1. The SMILES string of the molecule is c1ccc(OC2NC2c2cccnc2)cc1. The van der Waals surface area contributed by atoms with Gasteiger partial charge in [0.15, 0.2) is 6.23 Å². The number of nitrogens with one attached hydrogen (secondary N) is 1. The molecule has 2 unspecified atom stereocenters. The summed E-state index contributed by atoms with van der Waals surface area (Å²) in [5, 5.41) is 3.27. The van der Waals surface area contributed by atoms with E-state index in [0.29, 0.717) is 0 Å². The highest BCUT2D eigenvalue weighted by atomic mass is 16.5. The van der Waals surface area contributed by atoms with Gasteiger partial charge in [0.25, 0.3) is 0 Å². The Morgan fingerprint density at radius 2 is 1.94 bits per heavy atom. The third-order valence-corrected chi connectivity index (χ3v) is 2.59. The number of hydrogen-bond acceptors (Lipinski definition) is 3. The van der Waals surface area contributed by atoms with Gasteiger partial charge in [-0.15, -0.1) is 0 Å². The van der Waals surface area contributed by atoms with Crippen molar-refractivity contribution in [2.45, 2.75) is 12.3 Å². The summed E-state index contributed by atoms with van der Waals surface area (Å²) in [6.45, 7) is 0. The van der Waals surface area contributed by atoms with Gasteiger partial charge in [0, 0.05) is 12.4 Å². The van der Waals surface area contributed by atoms with Crippen LogP contribution in [0.1, 0.15) is 11.6 Å². The first-order valence-corrected chi connectivity index (χ1v) is 5.31. The van der Waals surface area contributed by atoms with E-state index >= 15 is 0 Å². The number of pyridine rings is 1. The lowest BCUT2D eigenvalue weighted by atomic mass is 10.2. The molecule has 2 aromatic rings. The fourth-order valence-corrected chi connectivity index (χ4v) is 1.70. The maximum absolute atomic E-state index is 5.75. The second-order valence-corrected chi connectivity index (χ2v) is 3.78. The first-order chi connectivity index (χ1) is 7.93. The van der Waals surface area contributed by atoms with Crippen LogP contribution >= 0.6 is 0 Å². The van der Waals surface area contributed by atoms with E-state index in [4.69, 9.17) is 4.74 Å². The Labute approximate surface area is 94.1 Å². The largest absolute Gasteiger partial charge is 0.473 e. The first-order valence-electron chi connectivity index (χ1n) is 5.31. The summed E-state index contributed by atoms with van der Waals surface area (Å²) in [5.74, 6) is 0.895.